The predicted octanol–water partition coefficient (Wildman–Crippen LogP) is 2.91. The van der Waals surface area contributed by atoms with E-state index < -0.39 is 18.1 Å². The summed E-state index contributed by atoms with van der Waals surface area (Å²) in [5.41, 5.74) is 0.398. The minimum atomic E-state index is -0.776. The number of nitrogens with one attached hydrogen (secondary N) is 1. The quantitative estimate of drug-likeness (QED) is 0.684. The molecule has 1 aliphatic rings. The van der Waals surface area contributed by atoms with E-state index in [4.69, 9.17) is 4.74 Å². The van der Waals surface area contributed by atoms with Crippen LogP contribution in [0.4, 0.5) is 0 Å². The van der Waals surface area contributed by atoms with Gasteiger partial charge in [0.05, 0.1) is 12.2 Å². The highest BCUT2D eigenvalue weighted by Gasteiger charge is 2.37. The van der Waals surface area contributed by atoms with E-state index in [-0.39, 0.29) is 18.4 Å². The second-order valence-electron chi connectivity index (χ2n) is 6.91. The second-order valence-corrected chi connectivity index (χ2v) is 7.97. The molecule has 8 heteroatoms. The summed E-state index contributed by atoms with van der Waals surface area (Å²) in [4.78, 5) is 44.7. The van der Waals surface area contributed by atoms with Crippen molar-refractivity contribution < 1.29 is 19.1 Å². The van der Waals surface area contributed by atoms with Crippen molar-refractivity contribution in [3.05, 3.63) is 54.2 Å². The van der Waals surface area contributed by atoms with Crippen LogP contribution in [0, 0.1) is 0 Å². The number of rotatable bonds is 7. The Bertz CT molecular complexity index is 906. The standard InChI is InChI=1S/C22H25N3O4S/c1-3-29-22(28)18-12-8-14-25(18)21(27)15(2)24-19(26)17-11-7-13-23-20(17)30-16-9-5-4-6-10-16/h4-7,9-11,13,15,18H,3,8,12,14H2,1-2H3,(H,24,26)/t15-,18-/m0/s1. The van der Waals surface area contributed by atoms with Crippen molar-refractivity contribution in [2.45, 2.75) is 48.7 Å². The molecule has 1 aliphatic heterocycles. The smallest absolute Gasteiger partial charge is 0.328 e. The summed E-state index contributed by atoms with van der Waals surface area (Å²) >= 11 is 1.38. The molecule has 0 unspecified atom stereocenters. The number of hydrogen-bond acceptors (Lipinski definition) is 6. The Morgan fingerprint density at radius 2 is 2.00 bits per heavy atom. The number of esters is 1. The molecule has 1 saturated heterocycles. The highest BCUT2D eigenvalue weighted by molar-refractivity contribution is 7.99. The van der Waals surface area contributed by atoms with Gasteiger partial charge in [-0.2, -0.15) is 0 Å². The molecule has 158 valence electrons. The first-order valence-electron chi connectivity index (χ1n) is 9.97. The number of carbonyl (C=O) groups excluding carboxylic acids is 3. The van der Waals surface area contributed by atoms with E-state index in [0.717, 1.165) is 11.3 Å². The molecule has 2 aromatic rings. The molecule has 0 bridgehead atoms. The van der Waals surface area contributed by atoms with Gasteiger partial charge in [-0.3, -0.25) is 9.59 Å². The van der Waals surface area contributed by atoms with Gasteiger partial charge in [-0.15, -0.1) is 0 Å². The minimum Gasteiger partial charge on any atom is -0.464 e. The average molecular weight is 428 g/mol. The number of nitrogens with zero attached hydrogens (tertiary/aromatic N) is 2. The van der Waals surface area contributed by atoms with Crippen molar-refractivity contribution in [3.63, 3.8) is 0 Å². The van der Waals surface area contributed by atoms with E-state index in [1.165, 1.54) is 16.7 Å². The van der Waals surface area contributed by atoms with Crippen LogP contribution in [0.3, 0.4) is 0 Å². The lowest BCUT2D eigenvalue weighted by molar-refractivity contribution is -0.153. The van der Waals surface area contributed by atoms with Gasteiger partial charge in [-0.05, 0) is 51.0 Å². The molecule has 0 aliphatic carbocycles. The van der Waals surface area contributed by atoms with Crippen LogP contribution in [0.1, 0.15) is 37.0 Å². The zero-order chi connectivity index (χ0) is 21.5. The Labute approximate surface area is 180 Å². The van der Waals surface area contributed by atoms with Gasteiger partial charge in [-0.1, -0.05) is 30.0 Å². The maximum atomic E-state index is 12.9. The molecule has 3 rings (SSSR count). The summed E-state index contributed by atoms with van der Waals surface area (Å²) < 4.78 is 5.08. The lowest BCUT2D eigenvalue weighted by Gasteiger charge is -2.26. The van der Waals surface area contributed by atoms with E-state index in [9.17, 15) is 14.4 Å². The molecule has 0 radical (unpaired) electrons. The molecule has 0 saturated carbocycles. The Hall–Kier alpha value is -2.87. The molecule has 1 N–H and O–H groups in total. The first kappa shape index (κ1) is 21.8. The number of likely N-dealkylation sites (tertiary alicyclic amines) is 1. The van der Waals surface area contributed by atoms with Gasteiger partial charge in [0.25, 0.3) is 5.91 Å². The Balaban J connectivity index is 1.68. The molecule has 1 aromatic carbocycles. The highest BCUT2D eigenvalue weighted by atomic mass is 32.2. The zero-order valence-electron chi connectivity index (χ0n) is 17.0. The van der Waals surface area contributed by atoms with Gasteiger partial charge in [0, 0.05) is 17.6 Å². The Morgan fingerprint density at radius 1 is 1.23 bits per heavy atom. The molecule has 1 aromatic heterocycles. The van der Waals surface area contributed by atoms with Crippen LogP contribution in [0.2, 0.25) is 0 Å². The van der Waals surface area contributed by atoms with E-state index in [1.54, 1.807) is 32.2 Å². The predicted molar refractivity (Wildman–Crippen MR) is 113 cm³/mol. The zero-order valence-corrected chi connectivity index (χ0v) is 17.9. The van der Waals surface area contributed by atoms with Gasteiger partial charge in [0.15, 0.2) is 0 Å². The second kappa shape index (κ2) is 10.2. The number of benzene rings is 1. The van der Waals surface area contributed by atoms with Crippen LogP contribution < -0.4 is 5.32 Å². The molecular weight excluding hydrogens is 402 g/mol. The summed E-state index contributed by atoms with van der Waals surface area (Å²) in [6.45, 7) is 4.11. The first-order valence-corrected chi connectivity index (χ1v) is 10.8. The molecule has 2 heterocycles. The molecule has 30 heavy (non-hydrogen) atoms. The van der Waals surface area contributed by atoms with Gasteiger partial charge in [0.1, 0.15) is 17.1 Å². The maximum absolute atomic E-state index is 12.9. The number of carbonyl (C=O) groups is 3. The van der Waals surface area contributed by atoms with Crippen LogP contribution in [0.15, 0.2) is 58.6 Å². The number of amides is 2. The van der Waals surface area contributed by atoms with Gasteiger partial charge in [-0.25, -0.2) is 9.78 Å². The van der Waals surface area contributed by atoms with Gasteiger partial charge in [0.2, 0.25) is 5.91 Å². The van der Waals surface area contributed by atoms with Gasteiger partial charge >= 0.3 is 5.97 Å². The van der Waals surface area contributed by atoms with E-state index in [2.05, 4.69) is 10.3 Å². The minimum absolute atomic E-state index is 0.270. The van der Waals surface area contributed by atoms with Crippen LogP contribution in [0.25, 0.3) is 0 Å². The fourth-order valence-corrected chi connectivity index (χ4v) is 4.24. The first-order chi connectivity index (χ1) is 14.5. The molecule has 7 nitrogen and oxygen atoms in total. The van der Waals surface area contributed by atoms with Crippen LogP contribution in [-0.4, -0.2) is 52.9 Å². The van der Waals surface area contributed by atoms with Gasteiger partial charge < -0.3 is 15.0 Å². The third-order valence-corrected chi connectivity index (χ3v) is 5.81. The number of hydrogen-bond donors (Lipinski definition) is 1. The van der Waals surface area contributed by atoms with Crippen LogP contribution >= 0.6 is 11.8 Å². The van der Waals surface area contributed by atoms with Crippen molar-refractivity contribution in [1.29, 1.82) is 0 Å². The number of aromatic nitrogens is 1. The summed E-state index contributed by atoms with van der Waals surface area (Å²) in [6, 6.07) is 11.7. The monoisotopic (exact) mass is 427 g/mol. The van der Waals surface area contributed by atoms with Crippen LogP contribution in [0.5, 0.6) is 0 Å². The summed E-state index contributed by atoms with van der Waals surface area (Å²) in [6.07, 6.45) is 2.94. The Kier molecular flexibility index (Phi) is 7.46. The topological polar surface area (TPSA) is 88.6 Å². The fraction of sp³-hybridized carbons (Fsp3) is 0.364. The number of pyridine rings is 1. The average Bonchev–Trinajstić information content (AvgIpc) is 3.24. The molecule has 1 fully saturated rings. The third kappa shape index (κ3) is 5.18. The molecular formula is C22H25N3O4S. The summed E-state index contributed by atoms with van der Waals surface area (Å²) in [5, 5.41) is 3.32. The largest absolute Gasteiger partial charge is 0.464 e. The van der Waals surface area contributed by atoms with Crippen molar-refractivity contribution in [1.82, 2.24) is 15.2 Å². The SMILES string of the molecule is CCOC(=O)[C@@H]1CCCN1C(=O)[C@H](C)NC(=O)c1cccnc1Sc1ccccc1. The lowest BCUT2D eigenvalue weighted by Crippen LogP contribution is -2.50. The van der Waals surface area contributed by atoms with E-state index in [0.29, 0.717) is 23.6 Å². The van der Waals surface area contributed by atoms with Crippen molar-refractivity contribution in [3.8, 4) is 0 Å². The normalized spacial score (nSPS) is 16.7. The Morgan fingerprint density at radius 3 is 2.73 bits per heavy atom. The van der Waals surface area contributed by atoms with Crippen molar-refractivity contribution in [2.24, 2.45) is 0 Å². The van der Waals surface area contributed by atoms with Crippen molar-refractivity contribution in [2.75, 3.05) is 13.2 Å². The summed E-state index contributed by atoms with van der Waals surface area (Å²) in [5.74, 6) is -1.06. The highest BCUT2D eigenvalue weighted by Crippen LogP contribution is 2.28. The molecule has 2 amide bonds. The fourth-order valence-electron chi connectivity index (χ4n) is 3.34. The maximum Gasteiger partial charge on any atom is 0.328 e. The van der Waals surface area contributed by atoms with E-state index in [1.807, 2.05) is 30.3 Å². The van der Waals surface area contributed by atoms with Crippen LogP contribution in [-0.2, 0) is 14.3 Å². The van der Waals surface area contributed by atoms with Crippen molar-refractivity contribution >= 4 is 29.5 Å². The molecule has 0 spiro atoms. The number of ether oxygens (including phenoxy) is 1. The molecule has 2 atom stereocenters. The lowest BCUT2D eigenvalue weighted by atomic mass is 10.2. The van der Waals surface area contributed by atoms with E-state index >= 15 is 0 Å². The third-order valence-electron chi connectivity index (χ3n) is 4.79. The summed E-state index contributed by atoms with van der Waals surface area (Å²) in [7, 11) is 0.